The third-order valence-electron chi connectivity index (χ3n) is 3.81. The Labute approximate surface area is 101 Å². The lowest BCUT2D eigenvalue weighted by Gasteiger charge is -2.24. The summed E-state index contributed by atoms with van der Waals surface area (Å²) in [6, 6.07) is 0. The molecule has 0 N–H and O–H groups in total. The van der Waals surface area contributed by atoms with Gasteiger partial charge < -0.3 is 0 Å². The average molecular weight is 237 g/mol. The van der Waals surface area contributed by atoms with E-state index in [0.29, 0.717) is 13.0 Å². The van der Waals surface area contributed by atoms with E-state index in [2.05, 4.69) is 0 Å². The third-order valence-corrected chi connectivity index (χ3v) is 3.81. The van der Waals surface area contributed by atoms with Crippen molar-refractivity contribution in [1.29, 1.82) is 0 Å². The Balaban J connectivity index is 2.10. The summed E-state index contributed by atoms with van der Waals surface area (Å²) in [5.74, 6) is -0.582. The van der Waals surface area contributed by atoms with Gasteiger partial charge >= 0.3 is 0 Å². The van der Waals surface area contributed by atoms with Crippen LogP contribution in [0.1, 0.15) is 45.4 Å². The highest BCUT2D eigenvalue weighted by Crippen LogP contribution is 2.34. The molecule has 0 radical (unpaired) electrons. The molecule has 0 aromatic rings. The summed E-state index contributed by atoms with van der Waals surface area (Å²) in [6.45, 7) is 2.44. The largest absolute Gasteiger partial charge is 0.299 e. The second-order valence-electron chi connectivity index (χ2n) is 5.01. The fraction of sp³-hybridized carbons (Fsp3) is 0.769. The molecule has 17 heavy (non-hydrogen) atoms. The summed E-state index contributed by atoms with van der Waals surface area (Å²) in [7, 11) is 0. The number of likely N-dealkylation sites (tertiary alicyclic amines) is 1. The van der Waals surface area contributed by atoms with E-state index in [-0.39, 0.29) is 35.9 Å². The van der Waals surface area contributed by atoms with Crippen LogP contribution < -0.4 is 0 Å². The molecule has 1 aliphatic carbocycles. The van der Waals surface area contributed by atoms with Gasteiger partial charge in [0, 0.05) is 25.3 Å². The van der Waals surface area contributed by atoms with E-state index in [0.717, 1.165) is 25.7 Å². The van der Waals surface area contributed by atoms with Gasteiger partial charge in [-0.25, -0.2) is 0 Å². The van der Waals surface area contributed by atoms with Crippen molar-refractivity contribution in [2.45, 2.75) is 45.4 Å². The molecule has 0 aromatic heterocycles. The summed E-state index contributed by atoms with van der Waals surface area (Å²) >= 11 is 0. The molecule has 2 rings (SSSR count). The zero-order valence-corrected chi connectivity index (χ0v) is 10.3. The Kier molecular flexibility index (Phi) is 3.60. The molecule has 1 aliphatic heterocycles. The van der Waals surface area contributed by atoms with Gasteiger partial charge in [-0.3, -0.25) is 19.3 Å². The zero-order valence-electron chi connectivity index (χ0n) is 10.3. The lowest BCUT2D eigenvalue weighted by molar-refractivity contribution is -0.142. The Bertz CT molecular complexity index is 351. The minimum atomic E-state index is -0.359. The molecule has 2 unspecified atom stereocenters. The first kappa shape index (κ1) is 12.3. The van der Waals surface area contributed by atoms with Crippen LogP contribution in [-0.4, -0.2) is 29.0 Å². The normalized spacial score (nSPS) is 30.2. The van der Waals surface area contributed by atoms with Crippen LogP contribution >= 0.6 is 0 Å². The van der Waals surface area contributed by atoms with Crippen molar-refractivity contribution < 1.29 is 14.4 Å². The average Bonchev–Trinajstić information content (AvgIpc) is 2.58. The van der Waals surface area contributed by atoms with E-state index in [1.807, 2.05) is 6.92 Å². The van der Waals surface area contributed by atoms with Crippen molar-refractivity contribution in [2.24, 2.45) is 11.8 Å². The number of ketones is 1. The van der Waals surface area contributed by atoms with Crippen molar-refractivity contribution in [1.82, 2.24) is 4.90 Å². The molecule has 0 bridgehead atoms. The van der Waals surface area contributed by atoms with E-state index < -0.39 is 0 Å². The van der Waals surface area contributed by atoms with E-state index in [4.69, 9.17) is 0 Å². The van der Waals surface area contributed by atoms with E-state index in [1.54, 1.807) is 0 Å². The summed E-state index contributed by atoms with van der Waals surface area (Å²) in [6.07, 6.45) is 4.32. The van der Waals surface area contributed by atoms with Crippen LogP contribution in [0.4, 0.5) is 0 Å². The highest BCUT2D eigenvalue weighted by atomic mass is 16.2. The van der Waals surface area contributed by atoms with Crippen LogP contribution in [0.5, 0.6) is 0 Å². The monoisotopic (exact) mass is 237 g/mol. The van der Waals surface area contributed by atoms with Crippen molar-refractivity contribution in [3.63, 3.8) is 0 Å². The van der Waals surface area contributed by atoms with Crippen molar-refractivity contribution >= 4 is 17.6 Å². The molecule has 1 saturated heterocycles. The number of imide groups is 1. The standard InChI is InChI=1S/C13H19NO3/c1-2-7-14-12(16)8-10(13(14)17)9-5-3-4-6-11(9)15/h9-10H,2-8H2,1H3. The quantitative estimate of drug-likeness (QED) is 0.699. The molecule has 1 heterocycles. The number of hydrogen-bond donors (Lipinski definition) is 0. The smallest absolute Gasteiger partial charge is 0.233 e. The number of nitrogens with zero attached hydrogens (tertiary/aromatic N) is 1. The number of Topliss-reactive ketones (excluding diaryl/α,β-unsaturated/α-hetero) is 1. The van der Waals surface area contributed by atoms with E-state index in [1.165, 1.54) is 4.90 Å². The maximum Gasteiger partial charge on any atom is 0.233 e. The molecule has 0 spiro atoms. The van der Waals surface area contributed by atoms with Gasteiger partial charge in [-0.2, -0.15) is 0 Å². The second kappa shape index (κ2) is 4.98. The summed E-state index contributed by atoms with van der Waals surface area (Å²) < 4.78 is 0. The van der Waals surface area contributed by atoms with E-state index in [9.17, 15) is 14.4 Å². The Morgan fingerprint density at radius 3 is 2.59 bits per heavy atom. The number of amides is 2. The molecule has 0 aromatic carbocycles. The van der Waals surface area contributed by atoms with Crippen LogP contribution in [-0.2, 0) is 14.4 Å². The maximum absolute atomic E-state index is 12.1. The van der Waals surface area contributed by atoms with Crippen molar-refractivity contribution in [3.8, 4) is 0 Å². The van der Waals surface area contributed by atoms with Crippen LogP contribution in [0.2, 0.25) is 0 Å². The molecule has 4 nitrogen and oxygen atoms in total. The highest BCUT2D eigenvalue weighted by Gasteiger charge is 2.44. The van der Waals surface area contributed by atoms with Gasteiger partial charge in [0.15, 0.2) is 0 Å². The number of hydrogen-bond acceptors (Lipinski definition) is 3. The maximum atomic E-state index is 12.1. The Morgan fingerprint density at radius 1 is 1.18 bits per heavy atom. The van der Waals surface area contributed by atoms with Crippen LogP contribution in [0.25, 0.3) is 0 Å². The molecule has 94 valence electrons. The van der Waals surface area contributed by atoms with Crippen molar-refractivity contribution in [3.05, 3.63) is 0 Å². The first-order valence-corrected chi connectivity index (χ1v) is 6.52. The number of carbonyl (C=O) groups excluding carboxylic acids is 3. The van der Waals surface area contributed by atoms with Gasteiger partial charge in [-0.05, 0) is 19.3 Å². The van der Waals surface area contributed by atoms with Crippen LogP contribution in [0.3, 0.4) is 0 Å². The van der Waals surface area contributed by atoms with Gasteiger partial charge in [0.25, 0.3) is 0 Å². The van der Waals surface area contributed by atoms with Gasteiger partial charge in [0.1, 0.15) is 5.78 Å². The first-order valence-electron chi connectivity index (χ1n) is 6.52. The topological polar surface area (TPSA) is 54.5 Å². The SMILES string of the molecule is CCCN1C(=O)CC(C2CCCCC2=O)C1=O. The molecule has 1 saturated carbocycles. The molecule has 2 fully saturated rings. The van der Waals surface area contributed by atoms with E-state index >= 15 is 0 Å². The lowest BCUT2D eigenvalue weighted by atomic mass is 9.78. The van der Waals surface area contributed by atoms with Gasteiger partial charge in [-0.15, -0.1) is 0 Å². The fourth-order valence-corrected chi connectivity index (χ4v) is 2.92. The Hall–Kier alpha value is -1.19. The van der Waals surface area contributed by atoms with Crippen LogP contribution in [0, 0.1) is 11.8 Å². The summed E-state index contributed by atoms with van der Waals surface area (Å²) in [5, 5.41) is 0. The summed E-state index contributed by atoms with van der Waals surface area (Å²) in [4.78, 5) is 37.0. The summed E-state index contributed by atoms with van der Waals surface area (Å²) in [5.41, 5.74) is 0. The predicted octanol–water partition coefficient (Wildman–Crippen LogP) is 1.53. The van der Waals surface area contributed by atoms with Crippen molar-refractivity contribution in [2.75, 3.05) is 6.54 Å². The molecule has 2 atom stereocenters. The van der Waals surface area contributed by atoms with Gasteiger partial charge in [0.05, 0.1) is 5.92 Å². The first-order chi connectivity index (χ1) is 8.15. The highest BCUT2D eigenvalue weighted by molar-refractivity contribution is 6.05. The second-order valence-corrected chi connectivity index (χ2v) is 5.01. The van der Waals surface area contributed by atoms with Gasteiger partial charge in [-0.1, -0.05) is 13.3 Å². The molecular formula is C13H19NO3. The molecule has 2 amide bonds. The minimum Gasteiger partial charge on any atom is -0.299 e. The van der Waals surface area contributed by atoms with Crippen LogP contribution in [0.15, 0.2) is 0 Å². The minimum absolute atomic E-state index is 0.0970. The Morgan fingerprint density at radius 2 is 1.94 bits per heavy atom. The lowest BCUT2D eigenvalue weighted by Crippen LogP contribution is -2.35. The number of carbonyl (C=O) groups is 3. The molecular weight excluding hydrogens is 218 g/mol. The molecule has 2 aliphatic rings. The number of rotatable bonds is 3. The predicted molar refractivity (Wildman–Crippen MR) is 62.1 cm³/mol. The molecule has 4 heteroatoms. The fourth-order valence-electron chi connectivity index (χ4n) is 2.92. The van der Waals surface area contributed by atoms with Gasteiger partial charge in [0.2, 0.25) is 11.8 Å². The zero-order chi connectivity index (χ0) is 12.4. The third kappa shape index (κ3) is 2.26.